The van der Waals surface area contributed by atoms with Crippen molar-refractivity contribution in [2.24, 2.45) is 7.05 Å². The molecule has 0 aliphatic carbocycles. The van der Waals surface area contributed by atoms with E-state index in [4.69, 9.17) is 4.74 Å². The van der Waals surface area contributed by atoms with Crippen molar-refractivity contribution in [1.29, 1.82) is 0 Å². The minimum absolute atomic E-state index is 0.316. The Hall–Kier alpha value is -1.46. The Labute approximate surface area is 124 Å². The number of aromatic nitrogens is 2. The molecule has 1 heterocycles. The van der Waals surface area contributed by atoms with Crippen LogP contribution in [0.15, 0.2) is 41.6 Å². The average molecular weight is 291 g/mol. The predicted octanol–water partition coefficient (Wildman–Crippen LogP) is 2.87. The Bertz CT molecular complexity index is 524. The van der Waals surface area contributed by atoms with Gasteiger partial charge in [-0.1, -0.05) is 12.1 Å². The molecular formula is C15H21N3OS. The minimum Gasteiger partial charge on any atom is -0.494 e. The fraction of sp³-hybridized carbons (Fsp3) is 0.400. The first kappa shape index (κ1) is 14.9. The van der Waals surface area contributed by atoms with Crippen LogP contribution in [-0.4, -0.2) is 29.2 Å². The second-order valence-electron chi connectivity index (χ2n) is 4.50. The van der Waals surface area contributed by atoms with E-state index in [0.717, 1.165) is 11.5 Å². The number of nitrogens with zero attached hydrogens (tertiary/aromatic N) is 2. The fourth-order valence-corrected chi connectivity index (χ4v) is 3.03. The van der Waals surface area contributed by atoms with Crippen LogP contribution in [0.25, 0.3) is 0 Å². The lowest BCUT2D eigenvalue weighted by Crippen LogP contribution is -2.18. The number of thioether (sulfide) groups is 1. The van der Waals surface area contributed by atoms with Crippen LogP contribution in [0.1, 0.15) is 18.5 Å². The van der Waals surface area contributed by atoms with Crippen molar-refractivity contribution in [3.8, 4) is 5.75 Å². The molecule has 20 heavy (non-hydrogen) atoms. The lowest BCUT2D eigenvalue weighted by atomic mass is 10.1. The van der Waals surface area contributed by atoms with Gasteiger partial charge < -0.3 is 10.1 Å². The van der Waals surface area contributed by atoms with E-state index in [1.807, 2.05) is 50.2 Å². The number of hydrogen-bond acceptors (Lipinski definition) is 4. The maximum absolute atomic E-state index is 5.47. The molecule has 1 atom stereocenters. The van der Waals surface area contributed by atoms with E-state index in [1.165, 1.54) is 10.5 Å². The first-order chi connectivity index (χ1) is 9.72. The van der Waals surface area contributed by atoms with Crippen molar-refractivity contribution in [1.82, 2.24) is 15.1 Å². The smallest absolute Gasteiger partial charge is 0.119 e. The summed E-state index contributed by atoms with van der Waals surface area (Å²) in [6, 6.07) is 8.61. The summed E-state index contributed by atoms with van der Waals surface area (Å²) in [7, 11) is 3.93. The Morgan fingerprint density at radius 3 is 2.65 bits per heavy atom. The first-order valence-electron chi connectivity index (χ1n) is 6.74. The molecule has 0 spiro atoms. The molecule has 0 amide bonds. The van der Waals surface area contributed by atoms with E-state index in [9.17, 15) is 0 Å². The number of ether oxygens (including phenoxy) is 1. The van der Waals surface area contributed by atoms with E-state index >= 15 is 0 Å². The molecule has 0 aliphatic heterocycles. The molecule has 2 aromatic rings. The van der Waals surface area contributed by atoms with E-state index in [1.54, 1.807) is 11.8 Å². The molecule has 0 saturated heterocycles. The molecule has 1 unspecified atom stereocenters. The summed E-state index contributed by atoms with van der Waals surface area (Å²) in [5, 5.41) is 7.54. The third-order valence-corrected chi connectivity index (χ3v) is 4.08. The summed E-state index contributed by atoms with van der Waals surface area (Å²) < 4.78 is 7.30. The standard InChI is InChI=1S/C15H21N3OS/c1-4-19-13-7-5-12(6-8-13)15(16-2)11-20-14-9-17-18(3)10-14/h5-10,15-16H,4,11H2,1-3H3. The molecule has 1 N–H and O–H groups in total. The van der Waals surface area contributed by atoms with Gasteiger partial charge in [-0.05, 0) is 31.7 Å². The zero-order chi connectivity index (χ0) is 14.4. The second kappa shape index (κ2) is 7.36. The molecule has 0 saturated carbocycles. The van der Waals surface area contributed by atoms with Crippen molar-refractivity contribution in [3.05, 3.63) is 42.2 Å². The highest BCUT2D eigenvalue weighted by atomic mass is 32.2. The van der Waals surface area contributed by atoms with Crippen LogP contribution in [-0.2, 0) is 7.05 Å². The lowest BCUT2D eigenvalue weighted by molar-refractivity contribution is 0.340. The monoisotopic (exact) mass is 291 g/mol. The highest BCUT2D eigenvalue weighted by Gasteiger charge is 2.10. The Kier molecular flexibility index (Phi) is 5.49. The molecule has 1 aromatic carbocycles. The van der Waals surface area contributed by atoms with Gasteiger partial charge in [0.1, 0.15) is 5.75 Å². The van der Waals surface area contributed by atoms with Crippen LogP contribution >= 0.6 is 11.8 Å². The zero-order valence-corrected chi connectivity index (χ0v) is 13.0. The Morgan fingerprint density at radius 1 is 1.35 bits per heavy atom. The molecule has 5 heteroatoms. The van der Waals surface area contributed by atoms with Gasteiger partial charge in [0, 0.05) is 29.9 Å². The first-order valence-corrected chi connectivity index (χ1v) is 7.73. The molecule has 0 fully saturated rings. The van der Waals surface area contributed by atoms with Gasteiger partial charge in [-0.2, -0.15) is 5.10 Å². The van der Waals surface area contributed by atoms with Crippen molar-refractivity contribution < 1.29 is 4.74 Å². The lowest BCUT2D eigenvalue weighted by Gasteiger charge is -2.16. The van der Waals surface area contributed by atoms with E-state index in [-0.39, 0.29) is 0 Å². The van der Waals surface area contributed by atoms with Gasteiger partial charge in [0.25, 0.3) is 0 Å². The van der Waals surface area contributed by atoms with Gasteiger partial charge in [-0.3, -0.25) is 4.68 Å². The number of benzene rings is 1. The van der Waals surface area contributed by atoms with Crippen LogP contribution in [0.4, 0.5) is 0 Å². The van der Waals surface area contributed by atoms with E-state index in [0.29, 0.717) is 12.6 Å². The number of nitrogens with one attached hydrogen (secondary N) is 1. The van der Waals surface area contributed by atoms with E-state index in [2.05, 4.69) is 22.5 Å². The van der Waals surface area contributed by atoms with Crippen LogP contribution in [0.3, 0.4) is 0 Å². The number of rotatable bonds is 7. The quantitative estimate of drug-likeness (QED) is 0.796. The summed E-state index contributed by atoms with van der Waals surface area (Å²) in [6.45, 7) is 2.69. The van der Waals surface area contributed by atoms with Crippen molar-refractivity contribution in [3.63, 3.8) is 0 Å². The van der Waals surface area contributed by atoms with Crippen molar-refractivity contribution in [2.45, 2.75) is 17.9 Å². The SMILES string of the molecule is CCOc1ccc(C(CSc2cnn(C)c2)NC)cc1. The van der Waals surface area contributed by atoms with Gasteiger partial charge in [-0.25, -0.2) is 0 Å². The summed E-state index contributed by atoms with van der Waals surface area (Å²) in [6.07, 6.45) is 3.94. The molecular weight excluding hydrogens is 270 g/mol. The highest BCUT2D eigenvalue weighted by molar-refractivity contribution is 7.99. The summed E-state index contributed by atoms with van der Waals surface area (Å²) in [5.74, 6) is 1.89. The minimum atomic E-state index is 0.316. The largest absolute Gasteiger partial charge is 0.494 e. The van der Waals surface area contributed by atoms with E-state index < -0.39 is 0 Å². The second-order valence-corrected chi connectivity index (χ2v) is 5.60. The summed E-state index contributed by atoms with van der Waals surface area (Å²) in [4.78, 5) is 1.19. The summed E-state index contributed by atoms with van der Waals surface area (Å²) >= 11 is 1.81. The van der Waals surface area contributed by atoms with Gasteiger partial charge in [0.15, 0.2) is 0 Å². The van der Waals surface area contributed by atoms with Crippen molar-refractivity contribution >= 4 is 11.8 Å². The maximum atomic E-state index is 5.47. The normalized spacial score (nSPS) is 12.3. The van der Waals surface area contributed by atoms with Crippen LogP contribution in [0.2, 0.25) is 0 Å². The molecule has 4 nitrogen and oxygen atoms in total. The fourth-order valence-electron chi connectivity index (χ4n) is 1.96. The van der Waals surface area contributed by atoms with Crippen LogP contribution in [0.5, 0.6) is 5.75 Å². The third kappa shape index (κ3) is 4.02. The number of aryl methyl sites for hydroxylation is 1. The Morgan fingerprint density at radius 2 is 2.10 bits per heavy atom. The average Bonchev–Trinajstić information content (AvgIpc) is 2.87. The third-order valence-electron chi connectivity index (χ3n) is 3.04. The van der Waals surface area contributed by atoms with Crippen LogP contribution in [0, 0.1) is 0 Å². The highest BCUT2D eigenvalue weighted by Crippen LogP contribution is 2.25. The molecule has 0 radical (unpaired) electrons. The summed E-state index contributed by atoms with van der Waals surface area (Å²) in [5.41, 5.74) is 1.27. The van der Waals surface area contributed by atoms with Gasteiger partial charge in [0.05, 0.1) is 12.8 Å². The maximum Gasteiger partial charge on any atom is 0.119 e. The van der Waals surface area contributed by atoms with Crippen LogP contribution < -0.4 is 10.1 Å². The molecule has 2 rings (SSSR count). The van der Waals surface area contributed by atoms with Gasteiger partial charge >= 0.3 is 0 Å². The van der Waals surface area contributed by atoms with Crippen molar-refractivity contribution in [2.75, 3.05) is 19.4 Å². The topological polar surface area (TPSA) is 39.1 Å². The molecule has 108 valence electrons. The van der Waals surface area contributed by atoms with Gasteiger partial charge in [0.2, 0.25) is 0 Å². The number of hydrogen-bond donors (Lipinski definition) is 1. The molecule has 1 aromatic heterocycles. The Balaban J connectivity index is 1.96. The predicted molar refractivity (Wildman–Crippen MR) is 83.3 cm³/mol. The molecule has 0 bridgehead atoms. The molecule has 0 aliphatic rings. The zero-order valence-electron chi connectivity index (χ0n) is 12.2. The van der Waals surface area contributed by atoms with Gasteiger partial charge in [-0.15, -0.1) is 11.8 Å².